The molecule has 0 radical (unpaired) electrons. The van der Waals surface area contributed by atoms with Crippen LogP contribution < -0.4 is 10.1 Å². The molecule has 2 aromatic carbocycles. The van der Waals surface area contributed by atoms with Crippen LogP contribution in [0.3, 0.4) is 0 Å². The molecule has 0 aliphatic carbocycles. The van der Waals surface area contributed by atoms with Gasteiger partial charge in [0, 0.05) is 17.2 Å². The number of aromatic nitrogens is 1. The Morgan fingerprint density at radius 1 is 1.19 bits per heavy atom. The first-order valence-corrected chi connectivity index (χ1v) is 12.2. The number of hydrogen-bond acceptors (Lipinski definition) is 7. The lowest BCUT2D eigenvalue weighted by Gasteiger charge is -2.29. The van der Waals surface area contributed by atoms with Gasteiger partial charge in [0.25, 0.3) is 5.91 Å². The number of methoxy groups -OCH3 is 1. The van der Waals surface area contributed by atoms with Crippen LogP contribution in [0.2, 0.25) is 0 Å². The number of aromatic hydroxyl groups is 1. The summed E-state index contributed by atoms with van der Waals surface area (Å²) in [4.78, 5) is 29.0. The average Bonchev–Trinajstić information content (AvgIpc) is 2.88. The number of hydrogen-bond donors (Lipinski definition) is 2. The van der Waals surface area contributed by atoms with Crippen molar-refractivity contribution in [2.24, 2.45) is 0 Å². The third-order valence-electron chi connectivity index (χ3n) is 5.46. The van der Waals surface area contributed by atoms with Gasteiger partial charge >= 0.3 is 0 Å². The highest BCUT2D eigenvalue weighted by Crippen LogP contribution is 2.31. The molecule has 1 amide bonds. The molecule has 2 N–H and O–H groups in total. The van der Waals surface area contributed by atoms with E-state index >= 15 is 0 Å². The Morgan fingerprint density at radius 2 is 1.86 bits per heavy atom. The Bertz CT molecular complexity index is 1220. The molecule has 3 aromatic rings. The zero-order chi connectivity index (χ0) is 26.3. The van der Waals surface area contributed by atoms with Crippen molar-refractivity contribution in [2.45, 2.75) is 35.6 Å². The van der Waals surface area contributed by atoms with Crippen LogP contribution in [0.25, 0.3) is 0 Å². The summed E-state index contributed by atoms with van der Waals surface area (Å²) in [6.07, 6.45) is 1.14. The van der Waals surface area contributed by atoms with E-state index in [0.717, 1.165) is 5.56 Å². The van der Waals surface area contributed by atoms with Crippen LogP contribution in [0.4, 0.5) is 4.39 Å². The number of carbonyl (C=O) groups is 2. The molecule has 0 spiro atoms. The van der Waals surface area contributed by atoms with E-state index in [1.807, 2.05) is 18.2 Å². The molecule has 10 heteroatoms. The van der Waals surface area contributed by atoms with Crippen molar-refractivity contribution in [1.82, 2.24) is 10.3 Å². The van der Waals surface area contributed by atoms with Crippen LogP contribution in [0.5, 0.6) is 11.5 Å². The van der Waals surface area contributed by atoms with Crippen molar-refractivity contribution >= 4 is 23.0 Å². The molecule has 2 unspecified atom stereocenters. The second-order valence-corrected chi connectivity index (χ2v) is 9.87. The van der Waals surface area contributed by atoms with E-state index in [9.17, 15) is 23.3 Å². The molecular weight excluding hydrogens is 487 g/mol. The van der Waals surface area contributed by atoms with Crippen molar-refractivity contribution in [3.63, 3.8) is 0 Å². The van der Waals surface area contributed by atoms with Gasteiger partial charge in [-0.3, -0.25) is 9.00 Å². The predicted octanol–water partition coefficient (Wildman–Crippen LogP) is 3.58. The van der Waals surface area contributed by atoms with Crippen LogP contribution in [0, 0.1) is 5.82 Å². The summed E-state index contributed by atoms with van der Waals surface area (Å²) >= 11 is 0. The Labute approximate surface area is 210 Å². The van der Waals surface area contributed by atoms with Crippen LogP contribution >= 0.6 is 0 Å². The Hall–Kier alpha value is -3.63. The zero-order valence-electron chi connectivity index (χ0n) is 20.0. The third kappa shape index (κ3) is 6.32. The van der Waals surface area contributed by atoms with Crippen LogP contribution in [0.15, 0.2) is 71.8 Å². The van der Waals surface area contributed by atoms with Crippen LogP contribution in [0.1, 0.15) is 35.1 Å². The van der Waals surface area contributed by atoms with Gasteiger partial charge in [-0.2, -0.15) is 0 Å². The molecule has 0 aliphatic rings. The molecule has 8 nitrogen and oxygen atoms in total. The quantitative estimate of drug-likeness (QED) is 0.376. The molecular formula is C26H27FN2O6S. The summed E-state index contributed by atoms with van der Waals surface area (Å²) in [5.41, 5.74) is -1.06. The molecule has 190 valence electrons. The highest BCUT2D eigenvalue weighted by atomic mass is 32.2. The highest BCUT2D eigenvalue weighted by molar-refractivity contribution is 7.85. The van der Waals surface area contributed by atoms with Gasteiger partial charge in [0.2, 0.25) is 0 Å². The number of aldehydes is 1. The first-order valence-electron chi connectivity index (χ1n) is 11.0. The molecule has 0 saturated heterocycles. The molecule has 3 rings (SSSR count). The maximum absolute atomic E-state index is 13.5. The average molecular weight is 515 g/mol. The van der Waals surface area contributed by atoms with Gasteiger partial charge < -0.3 is 24.7 Å². The van der Waals surface area contributed by atoms with Gasteiger partial charge in [0.1, 0.15) is 17.6 Å². The first kappa shape index (κ1) is 27.0. The Balaban J connectivity index is 1.79. The van der Waals surface area contributed by atoms with Crippen LogP contribution in [-0.4, -0.2) is 51.9 Å². The monoisotopic (exact) mass is 514 g/mol. The lowest BCUT2D eigenvalue weighted by molar-refractivity contribution is -0.115. The maximum atomic E-state index is 13.5. The molecule has 0 bridgehead atoms. The summed E-state index contributed by atoms with van der Waals surface area (Å²) in [5.74, 6) is -1.64. The molecule has 0 saturated carbocycles. The van der Waals surface area contributed by atoms with E-state index in [4.69, 9.17) is 9.47 Å². The number of pyridine rings is 1. The van der Waals surface area contributed by atoms with Gasteiger partial charge in [-0.05, 0) is 43.7 Å². The molecule has 36 heavy (non-hydrogen) atoms. The fourth-order valence-corrected chi connectivity index (χ4v) is 5.03. The Kier molecular flexibility index (Phi) is 8.89. The molecule has 0 fully saturated rings. The van der Waals surface area contributed by atoms with Crippen molar-refractivity contribution in [3.05, 3.63) is 83.9 Å². The smallest absolute Gasteiger partial charge is 0.274 e. The van der Waals surface area contributed by atoms with E-state index in [1.165, 1.54) is 50.6 Å². The second-order valence-electron chi connectivity index (χ2n) is 8.30. The fraction of sp³-hybridized carbons (Fsp3) is 0.269. The number of halogens is 1. The standard InChI is InChI=1S/C26H27FN2O6S/c1-17(24(18-7-5-4-6-8-18)36(33)20-11-9-19(27)10-12-20)35-16-26(2,15-30)29-25(32)22-23(31)21(34-3)13-14-28-22/h4-15,17,24,31H,16H2,1-3H3,(H,29,32)/t17-,24-,26?,36?/m0/s1. The minimum Gasteiger partial charge on any atom is -0.503 e. The number of nitrogens with one attached hydrogen (secondary N) is 1. The van der Waals surface area contributed by atoms with Crippen molar-refractivity contribution in [2.75, 3.05) is 13.7 Å². The molecule has 4 atom stereocenters. The number of ether oxygens (including phenoxy) is 2. The molecule has 0 aliphatic heterocycles. The molecule has 1 aromatic heterocycles. The number of carbonyl (C=O) groups excluding carboxylic acids is 2. The summed E-state index contributed by atoms with van der Waals surface area (Å²) in [5, 5.41) is 12.1. The van der Waals surface area contributed by atoms with Gasteiger partial charge in [-0.1, -0.05) is 30.3 Å². The SMILES string of the molecule is COc1ccnc(C(=O)NC(C)(C=O)CO[C@@H](C)[C@@H](c2ccccc2)S(=O)c2ccc(F)cc2)c1O. The van der Waals surface area contributed by atoms with E-state index < -0.39 is 45.2 Å². The largest absolute Gasteiger partial charge is 0.503 e. The minimum absolute atomic E-state index is 0.0572. The second kappa shape index (κ2) is 11.9. The van der Waals surface area contributed by atoms with E-state index in [-0.39, 0.29) is 18.1 Å². The van der Waals surface area contributed by atoms with Gasteiger partial charge in [0.15, 0.2) is 17.2 Å². The zero-order valence-corrected chi connectivity index (χ0v) is 20.8. The predicted molar refractivity (Wildman–Crippen MR) is 132 cm³/mol. The third-order valence-corrected chi connectivity index (χ3v) is 7.31. The number of nitrogens with zero attached hydrogens (tertiary/aromatic N) is 1. The Morgan fingerprint density at radius 3 is 2.47 bits per heavy atom. The summed E-state index contributed by atoms with van der Waals surface area (Å²) < 4.78 is 37.8. The van der Waals surface area contributed by atoms with Crippen LogP contribution in [-0.2, 0) is 20.3 Å². The summed E-state index contributed by atoms with van der Waals surface area (Å²) in [6, 6.07) is 15.8. The van der Waals surface area contributed by atoms with Crippen molar-refractivity contribution < 1.29 is 32.8 Å². The van der Waals surface area contributed by atoms with Gasteiger partial charge in [-0.15, -0.1) is 0 Å². The van der Waals surface area contributed by atoms with Gasteiger partial charge in [0.05, 0.1) is 35.9 Å². The van der Waals surface area contributed by atoms with E-state index in [0.29, 0.717) is 11.2 Å². The highest BCUT2D eigenvalue weighted by Gasteiger charge is 2.33. The normalized spacial score (nSPS) is 15.2. The number of rotatable bonds is 11. The lowest BCUT2D eigenvalue weighted by atomic mass is 10.0. The first-order chi connectivity index (χ1) is 17.2. The van der Waals surface area contributed by atoms with E-state index in [1.54, 1.807) is 19.1 Å². The summed E-state index contributed by atoms with van der Waals surface area (Å²) in [6.45, 7) is 2.91. The van der Waals surface area contributed by atoms with Crippen molar-refractivity contribution in [1.29, 1.82) is 0 Å². The lowest BCUT2D eigenvalue weighted by Crippen LogP contribution is -2.52. The molecule has 1 heterocycles. The number of amides is 1. The maximum Gasteiger partial charge on any atom is 0.274 e. The van der Waals surface area contributed by atoms with Crippen molar-refractivity contribution in [3.8, 4) is 11.5 Å². The van der Waals surface area contributed by atoms with Gasteiger partial charge in [-0.25, -0.2) is 9.37 Å². The van der Waals surface area contributed by atoms with E-state index in [2.05, 4.69) is 10.3 Å². The number of benzene rings is 2. The minimum atomic E-state index is -1.61. The topological polar surface area (TPSA) is 115 Å². The summed E-state index contributed by atoms with van der Waals surface area (Å²) in [7, 11) is -0.278. The fourth-order valence-electron chi connectivity index (χ4n) is 3.50.